The van der Waals surface area contributed by atoms with E-state index in [9.17, 15) is 9.59 Å². The minimum atomic E-state index is -0.517. The second-order valence-corrected chi connectivity index (χ2v) is 3.13. The number of carbonyl (C=O) groups excluding carboxylic acids is 2. The summed E-state index contributed by atoms with van der Waals surface area (Å²) < 4.78 is 9.66. The number of hydrogen-bond donors (Lipinski definition) is 1. The third-order valence-electron chi connectivity index (χ3n) is 1.43. The van der Waals surface area contributed by atoms with Crippen molar-refractivity contribution in [3.05, 3.63) is 12.2 Å². The van der Waals surface area contributed by atoms with Crippen LogP contribution in [0, 0.1) is 0 Å². The van der Waals surface area contributed by atoms with Gasteiger partial charge in [-0.3, -0.25) is 0 Å². The molecule has 0 aliphatic heterocycles. The molecule has 1 amide bonds. The summed E-state index contributed by atoms with van der Waals surface area (Å²) in [6, 6.07) is 0. The van der Waals surface area contributed by atoms with Crippen molar-refractivity contribution in [2.75, 3.05) is 13.2 Å². The van der Waals surface area contributed by atoms with E-state index in [1.807, 2.05) is 0 Å². The highest BCUT2D eigenvalue weighted by atomic mass is 16.6. The van der Waals surface area contributed by atoms with Crippen LogP contribution in [0.5, 0.6) is 0 Å². The summed E-state index contributed by atoms with van der Waals surface area (Å²) in [6.45, 7) is 8.93. The number of alkyl carbamates (subject to hydrolysis) is 1. The molecule has 5 nitrogen and oxygen atoms in total. The molecule has 0 spiro atoms. The lowest BCUT2D eigenvalue weighted by atomic mass is 10.3. The predicted octanol–water partition coefficient (Wildman–Crippen LogP) is 1.24. The van der Waals surface area contributed by atoms with Crippen LogP contribution in [-0.4, -0.2) is 31.3 Å². The summed E-state index contributed by atoms with van der Waals surface area (Å²) in [4.78, 5) is 21.9. The van der Waals surface area contributed by atoms with E-state index < -0.39 is 18.2 Å². The lowest BCUT2D eigenvalue weighted by Gasteiger charge is -2.13. The largest absolute Gasteiger partial charge is 0.458 e. The van der Waals surface area contributed by atoms with Crippen molar-refractivity contribution in [2.24, 2.45) is 0 Å². The van der Waals surface area contributed by atoms with Gasteiger partial charge < -0.3 is 14.8 Å². The van der Waals surface area contributed by atoms with E-state index in [2.05, 4.69) is 11.9 Å². The minimum Gasteiger partial charge on any atom is -0.458 e. The third-order valence-corrected chi connectivity index (χ3v) is 1.43. The highest BCUT2D eigenvalue weighted by molar-refractivity contribution is 5.86. The van der Waals surface area contributed by atoms with E-state index in [1.165, 1.54) is 0 Å². The number of rotatable bonds is 5. The number of amides is 1. The van der Waals surface area contributed by atoms with E-state index in [1.54, 1.807) is 20.8 Å². The highest BCUT2D eigenvalue weighted by Gasteiger charge is 2.11. The zero-order valence-electron chi connectivity index (χ0n) is 9.33. The molecule has 0 fully saturated rings. The summed E-state index contributed by atoms with van der Waals surface area (Å²) in [7, 11) is 0. The van der Waals surface area contributed by atoms with Crippen molar-refractivity contribution in [2.45, 2.75) is 26.9 Å². The number of carbonyl (C=O) groups is 2. The van der Waals surface area contributed by atoms with Crippen LogP contribution in [0.25, 0.3) is 0 Å². The fourth-order valence-corrected chi connectivity index (χ4v) is 0.719. The van der Waals surface area contributed by atoms with Gasteiger partial charge in [0.25, 0.3) is 0 Å². The number of ether oxygens (including phenoxy) is 2. The molecule has 1 atom stereocenters. The number of nitrogens with one attached hydrogen (secondary N) is 1. The Bertz CT molecular complexity index is 250. The molecular weight excluding hydrogens is 198 g/mol. The van der Waals surface area contributed by atoms with Crippen molar-refractivity contribution in [3.63, 3.8) is 0 Å². The Hall–Kier alpha value is -1.52. The first kappa shape index (κ1) is 13.5. The van der Waals surface area contributed by atoms with Crippen LogP contribution >= 0.6 is 0 Å². The van der Waals surface area contributed by atoms with Gasteiger partial charge in [-0.15, -0.1) is 0 Å². The van der Waals surface area contributed by atoms with E-state index in [0.29, 0.717) is 12.1 Å². The summed E-state index contributed by atoms with van der Waals surface area (Å²) in [5.41, 5.74) is 0.320. The van der Waals surface area contributed by atoms with Crippen molar-refractivity contribution in [3.8, 4) is 0 Å². The summed E-state index contributed by atoms with van der Waals surface area (Å²) in [5.74, 6) is -0.485. The van der Waals surface area contributed by atoms with Crippen molar-refractivity contribution in [1.82, 2.24) is 5.32 Å². The van der Waals surface area contributed by atoms with Crippen molar-refractivity contribution in [1.29, 1.82) is 0 Å². The molecule has 0 saturated heterocycles. The van der Waals surface area contributed by atoms with E-state index >= 15 is 0 Å². The first-order valence-electron chi connectivity index (χ1n) is 4.74. The maximum atomic E-state index is 11.0. The maximum absolute atomic E-state index is 11.0. The number of esters is 1. The van der Waals surface area contributed by atoms with Gasteiger partial charge in [-0.2, -0.15) is 0 Å². The molecule has 1 N–H and O–H groups in total. The van der Waals surface area contributed by atoms with Crippen LogP contribution < -0.4 is 5.32 Å². The second kappa shape index (κ2) is 6.86. The molecule has 1 unspecified atom stereocenters. The van der Waals surface area contributed by atoms with Crippen LogP contribution in [-0.2, 0) is 14.3 Å². The number of hydrogen-bond acceptors (Lipinski definition) is 4. The maximum Gasteiger partial charge on any atom is 0.407 e. The zero-order chi connectivity index (χ0) is 11.8. The van der Waals surface area contributed by atoms with Gasteiger partial charge in [-0.25, -0.2) is 9.59 Å². The Kier molecular flexibility index (Phi) is 6.17. The molecule has 5 heteroatoms. The van der Waals surface area contributed by atoms with Crippen LogP contribution in [0.2, 0.25) is 0 Å². The van der Waals surface area contributed by atoms with E-state index in [-0.39, 0.29) is 6.61 Å². The van der Waals surface area contributed by atoms with Crippen molar-refractivity contribution < 1.29 is 19.1 Å². The van der Waals surface area contributed by atoms with Gasteiger partial charge in [-0.1, -0.05) is 6.58 Å². The summed E-state index contributed by atoms with van der Waals surface area (Å²) in [5, 5.41) is 2.47. The van der Waals surface area contributed by atoms with Gasteiger partial charge >= 0.3 is 12.1 Å². The molecule has 0 rings (SSSR count). The molecule has 0 aliphatic rings. The van der Waals surface area contributed by atoms with Crippen LogP contribution in [0.15, 0.2) is 12.2 Å². The van der Waals surface area contributed by atoms with Gasteiger partial charge in [0.05, 0.1) is 0 Å². The Balaban J connectivity index is 3.75. The quantitative estimate of drug-likeness (QED) is 0.553. The van der Waals surface area contributed by atoms with Gasteiger partial charge in [0.1, 0.15) is 12.7 Å². The van der Waals surface area contributed by atoms with Gasteiger partial charge in [0, 0.05) is 12.1 Å². The Morgan fingerprint density at radius 3 is 2.53 bits per heavy atom. The fraction of sp³-hybridized carbons (Fsp3) is 0.600. The lowest BCUT2D eigenvalue weighted by molar-refractivity contribution is -0.141. The van der Waals surface area contributed by atoms with Crippen LogP contribution in [0.3, 0.4) is 0 Å². The standard InChI is InChI=1S/C10H17NO4/c1-5-11-10(13)15-8(4)6-14-9(12)7(2)3/h8H,2,5-6H2,1,3-4H3,(H,11,13). The monoisotopic (exact) mass is 215 g/mol. The Labute approximate surface area is 89.4 Å². The lowest BCUT2D eigenvalue weighted by Crippen LogP contribution is -2.30. The Morgan fingerprint density at radius 2 is 2.07 bits per heavy atom. The molecule has 0 aromatic heterocycles. The predicted molar refractivity (Wildman–Crippen MR) is 55.4 cm³/mol. The smallest absolute Gasteiger partial charge is 0.407 e. The average molecular weight is 215 g/mol. The zero-order valence-corrected chi connectivity index (χ0v) is 9.33. The second-order valence-electron chi connectivity index (χ2n) is 3.13. The molecule has 0 radical (unpaired) electrons. The molecule has 0 heterocycles. The molecule has 0 aromatic rings. The molecule has 0 aromatic carbocycles. The van der Waals surface area contributed by atoms with Gasteiger partial charge in [-0.05, 0) is 20.8 Å². The molecule has 0 bridgehead atoms. The SMILES string of the molecule is C=C(C)C(=O)OCC(C)OC(=O)NCC. The third kappa shape index (κ3) is 6.54. The molecule has 0 saturated carbocycles. The van der Waals surface area contributed by atoms with Crippen LogP contribution in [0.4, 0.5) is 4.79 Å². The van der Waals surface area contributed by atoms with Gasteiger partial charge in [0.2, 0.25) is 0 Å². The van der Waals surface area contributed by atoms with Crippen LogP contribution in [0.1, 0.15) is 20.8 Å². The first-order chi connectivity index (χ1) is 6.97. The van der Waals surface area contributed by atoms with E-state index in [0.717, 1.165) is 0 Å². The molecule has 0 aliphatic carbocycles. The minimum absolute atomic E-state index is 0.0306. The Morgan fingerprint density at radius 1 is 1.47 bits per heavy atom. The molecular formula is C10H17NO4. The fourth-order valence-electron chi connectivity index (χ4n) is 0.719. The van der Waals surface area contributed by atoms with Gasteiger partial charge in [0.15, 0.2) is 0 Å². The van der Waals surface area contributed by atoms with E-state index in [4.69, 9.17) is 9.47 Å². The highest BCUT2D eigenvalue weighted by Crippen LogP contribution is 1.97. The normalized spacial score (nSPS) is 11.4. The summed E-state index contributed by atoms with van der Waals surface area (Å²) in [6.07, 6.45) is -0.990. The topological polar surface area (TPSA) is 64.6 Å². The summed E-state index contributed by atoms with van der Waals surface area (Å²) >= 11 is 0. The first-order valence-corrected chi connectivity index (χ1v) is 4.74. The average Bonchev–Trinajstić information content (AvgIpc) is 2.14. The molecule has 15 heavy (non-hydrogen) atoms. The molecule has 86 valence electrons. The van der Waals surface area contributed by atoms with Crippen molar-refractivity contribution >= 4 is 12.1 Å².